The maximum atomic E-state index is 13.4. The van der Waals surface area contributed by atoms with E-state index in [4.69, 9.17) is 0 Å². The monoisotopic (exact) mass is 383 g/mol. The predicted octanol–water partition coefficient (Wildman–Crippen LogP) is 5.11. The zero-order valence-electron chi connectivity index (χ0n) is 12.7. The lowest BCUT2D eigenvalue weighted by molar-refractivity contribution is 0.0942. The molecule has 0 radical (unpaired) electrons. The van der Waals surface area contributed by atoms with E-state index in [2.05, 4.69) is 21.2 Å². The van der Waals surface area contributed by atoms with Crippen LogP contribution < -0.4 is 5.32 Å². The van der Waals surface area contributed by atoms with Crippen LogP contribution in [0.4, 0.5) is 4.39 Å². The van der Waals surface area contributed by atoms with E-state index in [0.29, 0.717) is 5.56 Å². The predicted molar refractivity (Wildman–Crippen MR) is 96.3 cm³/mol. The molecule has 24 heavy (non-hydrogen) atoms. The van der Waals surface area contributed by atoms with E-state index in [1.54, 1.807) is 6.07 Å². The molecule has 0 fully saturated rings. The molecule has 1 atom stereocenters. The fourth-order valence-electron chi connectivity index (χ4n) is 2.50. The third-order valence-corrected chi connectivity index (χ3v) is 4.23. The van der Waals surface area contributed by atoms with Crippen molar-refractivity contribution < 1.29 is 9.18 Å². The van der Waals surface area contributed by atoms with E-state index in [1.807, 2.05) is 54.6 Å². The molecule has 0 bridgehead atoms. The summed E-state index contributed by atoms with van der Waals surface area (Å²) >= 11 is 3.42. The summed E-state index contributed by atoms with van der Waals surface area (Å²) in [7, 11) is 0. The van der Waals surface area contributed by atoms with Gasteiger partial charge in [-0.25, -0.2) is 4.39 Å². The van der Waals surface area contributed by atoms with Crippen LogP contribution >= 0.6 is 15.9 Å². The number of amides is 1. The minimum atomic E-state index is -0.428. The average molecular weight is 384 g/mol. The van der Waals surface area contributed by atoms with Gasteiger partial charge < -0.3 is 5.32 Å². The summed E-state index contributed by atoms with van der Waals surface area (Å²) in [6, 6.07) is 22.8. The topological polar surface area (TPSA) is 29.1 Å². The van der Waals surface area contributed by atoms with Gasteiger partial charge >= 0.3 is 0 Å². The summed E-state index contributed by atoms with van der Waals surface area (Å²) in [5, 5.41) is 2.99. The van der Waals surface area contributed by atoms with Crippen LogP contribution in [-0.4, -0.2) is 5.91 Å². The molecule has 0 heterocycles. The fourth-order valence-corrected chi connectivity index (χ4v) is 2.77. The Balaban J connectivity index is 1.93. The van der Waals surface area contributed by atoms with Gasteiger partial charge in [0.25, 0.3) is 5.91 Å². The van der Waals surface area contributed by atoms with Crippen molar-refractivity contribution in [2.45, 2.75) is 6.04 Å². The van der Waals surface area contributed by atoms with Crippen LogP contribution in [0, 0.1) is 5.82 Å². The molecule has 1 amide bonds. The van der Waals surface area contributed by atoms with Crippen molar-refractivity contribution in [2.75, 3.05) is 0 Å². The number of hydrogen-bond donors (Lipinski definition) is 1. The van der Waals surface area contributed by atoms with Crippen molar-refractivity contribution in [3.8, 4) is 0 Å². The van der Waals surface area contributed by atoms with Crippen LogP contribution in [0.3, 0.4) is 0 Å². The van der Waals surface area contributed by atoms with Crippen LogP contribution in [0.5, 0.6) is 0 Å². The van der Waals surface area contributed by atoms with Crippen molar-refractivity contribution in [3.05, 3.63) is 106 Å². The van der Waals surface area contributed by atoms with Crippen LogP contribution in [0.1, 0.15) is 27.5 Å². The Bertz CT molecular complexity index is 834. The molecule has 0 aliphatic heterocycles. The summed E-state index contributed by atoms with van der Waals surface area (Å²) in [4.78, 5) is 12.5. The van der Waals surface area contributed by atoms with Gasteiger partial charge in [0.2, 0.25) is 0 Å². The zero-order valence-corrected chi connectivity index (χ0v) is 14.3. The molecule has 0 saturated carbocycles. The number of rotatable bonds is 4. The van der Waals surface area contributed by atoms with Crippen molar-refractivity contribution in [1.29, 1.82) is 0 Å². The van der Waals surface area contributed by atoms with Gasteiger partial charge in [0, 0.05) is 10.0 Å². The average Bonchev–Trinajstić information content (AvgIpc) is 2.61. The number of nitrogens with one attached hydrogen (secondary N) is 1. The second kappa shape index (κ2) is 7.41. The van der Waals surface area contributed by atoms with E-state index in [0.717, 1.165) is 15.6 Å². The SMILES string of the molecule is O=C(N[C@H](c1ccccc1)c1ccc(Br)cc1)c1cccc(F)c1. The molecular weight excluding hydrogens is 369 g/mol. The van der Waals surface area contributed by atoms with Crippen molar-refractivity contribution in [3.63, 3.8) is 0 Å². The molecule has 120 valence electrons. The highest BCUT2D eigenvalue weighted by atomic mass is 79.9. The molecule has 3 aromatic rings. The van der Waals surface area contributed by atoms with Crippen LogP contribution in [0.15, 0.2) is 83.3 Å². The van der Waals surface area contributed by atoms with Gasteiger partial charge in [-0.1, -0.05) is 64.5 Å². The highest BCUT2D eigenvalue weighted by Crippen LogP contribution is 2.24. The molecular formula is C20H15BrFNO. The smallest absolute Gasteiger partial charge is 0.252 e. The van der Waals surface area contributed by atoms with Gasteiger partial charge in [0.05, 0.1) is 6.04 Å². The quantitative estimate of drug-likeness (QED) is 0.666. The second-order valence-corrected chi connectivity index (χ2v) is 6.29. The molecule has 4 heteroatoms. The van der Waals surface area contributed by atoms with E-state index >= 15 is 0 Å². The molecule has 0 aliphatic carbocycles. The first-order chi connectivity index (χ1) is 11.6. The van der Waals surface area contributed by atoms with E-state index < -0.39 is 5.82 Å². The van der Waals surface area contributed by atoms with Gasteiger partial charge in [-0.3, -0.25) is 4.79 Å². The third kappa shape index (κ3) is 3.89. The molecule has 0 aromatic heterocycles. The number of carbonyl (C=O) groups is 1. The highest BCUT2D eigenvalue weighted by molar-refractivity contribution is 9.10. The van der Waals surface area contributed by atoms with Gasteiger partial charge in [-0.05, 0) is 41.5 Å². The zero-order chi connectivity index (χ0) is 16.9. The van der Waals surface area contributed by atoms with Crippen molar-refractivity contribution in [1.82, 2.24) is 5.32 Å². The van der Waals surface area contributed by atoms with E-state index in [9.17, 15) is 9.18 Å². The molecule has 1 N–H and O–H groups in total. The summed E-state index contributed by atoms with van der Waals surface area (Å²) in [6.45, 7) is 0. The summed E-state index contributed by atoms with van der Waals surface area (Å²) in [5.74, 6) is -0.742. The lowest BCUT2D eigenvalue weighted by Crippen LogP contribution is -2.29. The summed E-state index contributed by atoms with van der Waals surface area (Å²) in [5.41, 5.74) is 2.21. The molecule has 0 unspecified atom stereocenters. The molecule has 3 aromatic carbocycles. The van der Waals surface area contributed by atoms with Crippen LogP contribution in [0.2, 0.25) is 0 Å². The maximum Gasteiger partial charge on any atom is 0.252 e. The van der Waals surface area contributed by atoms with E-state index in [1.165, 1.54) is 18.2 Å². The highest BCUT2D eigenvalue weighted by Gasteiger charge is 2.18. The van der Waals surface area contributed by atoms with Gasteiger partial charge in [-0.2, -0.15) is 0 Å². The number of benzene rings is 3. The molecule has 3 rings (SSSR count). The van der Waals surface area contributed by atoms with Crippen LogP contribution in [-0.2, 0) is 0 Å². The number of halogens is 2. The summed E-state index contributed by atoms with van der Waals surface area (Å²) in [6.07, 6.45) is 0. The molecule has 2 nitrogen and oxygen atoms in total. The fraction of sp³-hybridized carbons (Fsp3) is 0.0500. The number of hydrogen-bond acceptors (Lipinski definition) is 1. The molecule has 0 saturated heterocycles. The van der Waals surface area contributed by atoms with Gasteiger partial charge in [0.1, 0.15) is 5.82 Å². The van der Waals surface area contributed by atoms with Crippen molar-refractivity contribution >= 4 is 21.8 Å². The van der Waals surface area contributed by atoms with Gasteiger partial charge in [0.15, 0.2) is 0 Å². The Kier molecular flexibility index (Phi) is 5.06. The minimum Gasteiger partial charge on any atom is -0.341 e. The Hall–Kier alpha value is -2.46. The van der Waals surface area contributed by atoms with E-state index in [-0.39, 0.29) is 11.9 Å². The molecule has 0 aliphatic rings. The Labute approximate surface area is 148 Å². The standard InChI is InChI=1S/C20H15BrFNO/c21-17-11-9-15(10-12-17)19(14-5-2-1-3-6-14)23-20(24)16-7-4-8-18(22)13-16/h1-13,19H,(H,23,24)/t19-/m1/s1. The Morgan fingerprint density at radius 3 is 2.21 bits per heavy atom. The summed E-state index contributed by atoms with van der Waals surface area (Å²) < 4.78 is 14.3. The second-order valence-electron chi connectivity index (χ2n) is 5.38. The third-order valence-electron chi connectivity index (χ3n) is 3.70. The largest absolute Gasteiger partial charge is 0.341 e. The Morgan fingerprint density at radius 1 is 0.875 bits per heavy atom. The first-order valence-corrected chi connectivity index (χ1v) is 8.29. The lowest BCUT2D eigenvalue weighted by atomic mass is 9.98. The lowest BCUT2D eigenvalue weighted by Gasteiger charge is -2.20. The molecule has 0 spiro atoms. The van der Waals surface area contributed by atoms with Gasteiger partial charge in [-0.15, -0.1) is 0 Å². The van der Waals surface area contributed by atoms with Crippen LogP contribution in [0.25, 0.3) is 0 Å². The first kappa shape index (κ1) is 16.4. The number of carbonyl (C=O) groups excluding carboxylic acids is 1. The minimum absolute atomic E-state index is 0.299. The first-order valence-electron chi connectivity index (χ1n) is 7.50. The Morgan fingerprint density at radius 2 is 1.54 bits per heavy atom. The maximum absolute atomic E-state index is 13.4. The normalized spacial score (nSPS) is 11.8. The van der Waals surface area contributed by atoms with Crippen molar-refractivity contribution in [2.24, 2.45) is 0 Å².